The first-order valence-corrected chi connectivity index (χ1v) is 10.3. The minimum Gasteiger partial charge on any atom is -0.511 e. The summed E-state index contributed by atoms with van der Waals surface area (Å²) in [5.41, 5.74) is -0.380. The van der Waals surface area contributed by atoms with E-state index < -0.39 is 24.3 Å². The van der Waals surface area contributed by atoms with Crippen molar-refractivity contribution in [1.82, 2.24) is 10.2 Å². The molecule has 1 saturated carbocycles. The lowest BCUT2D eigenvalue weighted by Gasteiger charge is -2.23. The zero-order chi connectivity index (χ0) is 22.1. The second-order valence-corrected chi connectivity index (χ2v) is 7.64. The number of aliphatic hydroxyl groups excluding tert-OH is 1. The largest absolute Gasteiger partial charge is 0.511 e. The fourth-order valence-electron chi connectivity index (χ4n) is 3.18. The van der Waals surface area contributed by atoms with Gasteiger partial charge >= 0.3 is 5.97 Å². The summed E-state index contributed by atoms with van der Waals surface area (Å²) in [6, 6.07) is 7.63. The number of nitrogens with one attached hydrogen (secondary N) is 1. The van der Waals surface area contributed by atoms with Crippen LogP contribution in [-0.4, -0.2) is 59.1 Å². The van der Waals surface area contributed by atoms with Gasteiger partial charge in [0.15, 0.2) is 0 Å². The van der Waals surface area contributed by atoms with Crippen LogP contribution in [-0.2, 0) is 14.4 Å². The normalized spacial score (nSPS) is 17.1. The van der Waals surface area contributed by atoms with Crippen LogP contribution < -0.4 is 10.1 Å². The number of aliphatic carboxylic acids is 1. The molecule has 1 aliphatic carbocycles. The van der Waals surface area contributed by atoms with Gasteiger partial charge in [-0.15, -0.1) is 0 Å². The van der Waals surface area contributed by atoms with Gasteiger partial charge in [-0.05, 0) is 49.9 Å². The monoisotopic (exact) mass is 438 g/mol. The Balaban J connectivity index is 0.000000215. The number of hydrogen-bond donors (Lipinski definition) is 3. The number of likely N-dealkylation sites (N-methyl/N-ethyl adjacent to an activating group) is 1. The van der Waals surface area contributed by atoms with E-state index in [4.69, 9.17) is 21.4 Å². The van der Waals surface area contributed by atoms with Crippen LogP contribution in [0.3, 0.4) is 0 Å². The maximum atomic E-state index is 11.5. The second-order valence-electron chi connectivity index (χ2n) is 7.21. The van der Waals surface area contributed by atoms with Crippen LogP contribution in [0.2, 0.25) is 5.02 Å². The first-order valence-electron chi connectivity index (χ1n) is 9.87. The number of carbonyl (C=O) groups excluding carboxylic acids is 2. The quantitative estimate of drug-likeness (QED) is 0.608. The molecule has 1 aliphatic heterocycles. The molecule has 0 bridgehead atoms. The molecule has 9 heteroatoms. The predicted molar refractivity (Wildman–Crippen MR) is 112 cm³/mol. The smallest absolute Gasteiger partial charge is 0.322 e. The number of carbonyl (C=O) groups is 3. The van der Waals surface area contributed by atoms with Gasteiger partial charge in [0.1, 0.15) is 23.6 Å². The molecule has 1 heterocycles. The van der Waals surface area contributed by atoms with Crippen LogP contribution in [0.5, 0.6) is 5.75 Å². The van der Waals surface area contributed by atoms with E-state index in [-0.39, 0.29) is 17.8 Å². The van der Waals surface area contributed by atoms with Gasteiger partial charge in [0.25, 0.3) is 11.8 Å². The van der Waals surface area contributed by atoms with E-state index in [1.165, 1.54) is 44.1 Å². The van der Waals surface area contributed by atoms with Crippen LogP contribution in [0.15, 0.2) is 35.6 Å². The molecule has 30 heavy (non-hydrogen) atoms. The van der Waals surface area contributed by atoms with Crippen molar-refractivity contribution in [2.24, 2.45) is 0 Å². The van der Waals surface area contributed by atoms with Crippen molar-refractivity contribution in [3.8, 4) is 5.75 Å². The number of hydrogen-bond acceptors (Lipinski definition) is 5. The standard InChI is InChI=1S/C12H15ClO.C9H12N2O5/c13-10-6-8-12(9-7-10)14-11-4-2-1-3-5-11;1-11-3-2-5(12)7(9(11)16)8(15)10-4-6(13)14/h6-9,11H,1-5H2;12H,2-4H2,1H3,(H,10,15)(H,13,14). The maximum Gasteiger partial charge on any atom is 0.322 e. The molecule has 0 radical (unpaired) electrons. The Hall–Kier alpha value is -2.74. The maximum absolute atomic E-state index is 11.5. The molecule has 1 aromatic rings. The van der Waals surface area contributed by atoms with Gasteiger partial charge in [-0.25, -0.2) is 0 Å². The molecule has 3 rings (SSSR count). The predicted octanol–water partition coefficient (Wildman–Crippen LogP) is 2.91. The van der Waals surface area contributed by atoms with Gasteiger partial charge in [0, 0.05) is 25.0 Å². The van der Waals surface area contributed by atoms with Gasteiger partial charge in [-0.3, -0.25) is 14.4 Å². The fourth-order valence-corrected chi connectivity index (χ4v) is 3.30. The molecule has 0 atom stereocenters. The lowest BCUT2D eigenvalue weighted by Crippen LogP contribution is -2.41. The summed E-state index contributed by atoms with van der Waals surface area (Å²) in [6.45, 7) is -0.257. The molecule has 2 amide bonds. The SMILES string of the molecule is CN1CCC(O)=C(C(=O)NCC(=O)O)C1=O.Clc1ccc(OC2CCCCC2)cc1. The molecule has 164 valence electrons. The first kappa shape index (κ1) is 23.5. The number of ether oxygens (including phenoxy) is 1. The number of amides is 2. The third kappa shape index (κ3) is 7.26. The number of halogens is 1. The van der Waals surface area contributed by atoms with Crippen LogP contribution >= 0.6 is 11.6 Å². The molecule has 0 spiro atoms. The van der Waals surface area contributed by atoms with Crippen LogP contribution in [0.4, 0.5) is 0 Å². The second kappa shape index (κ2) is 11.4. The fraction of sp³-hybridized carbons (Fsp3) is 0.476. The van der Waals surface area contributed by atoms with Crippen molar-refractivity contribution in [2.45, 2.75) is 44.6 Å². The van der Waals surface area contributed by atoms with Crippen molar-refractivity contribution in [3.05, 3.63) is 40.6 Å². The molecule has 0 unspecified atom stereocenters. The van der Waals surface area contributed by atoms with E-state index >= 15 is 0 Å². The highest BCUT2D eigenvalue weighted by atomic mass is 35.5. The van der Waals surface area contributed by atoms with Crippen LogP contribution in [0.1, 0.15) is 38.5 Å². The molecular formula is C21H27ClN2O6. The zero-order valence-corrected chi connectivity index (χ0v) is 17.7. The number of aliphatic hydroxyl groups is 1. The summed E-state index contributed by atoms with van der Waals surface area (Å²) in [4.78, 5) is 34.5. The molecule has 1 fully saturated rings. The Kier molecular flexibility index (Phi) is 8.98. The molecule has 2 aliphatic rings. The minimum atomic E-state index is -1.22. The summed E-state index contributed by atoms with van der Waals surface area (Å²) in [5, 5.41) is 20.6. The molecule has 0 saturated heterocycles. The van der Waals surface area contributed by atoms with Gasteiger partial charge in [0.2, 0.25) is 0 Å². The Morgan fingerprint density at radius 3 is 2.43 bits per heavy atom. The van der Waals surface area contributed by atoms with Crippen LogP contribution in [0, 0.1) is 0 Å². The van der Waals surface area contributed by atoms with E-state index in [0.29, 0.717) is 12.6 Å². The van der Waals surface area contributed by atoms with E-state index in [0.717, 1.165) is 10.8 Å². The number of benzene rings is 1. The Morgan fingerprint density at radius 2 is 1.83 bits per heavy atom. The number of rotatable bonds is 5. The summed E-state index contributed by atoms with van der Waals surface area (Å²) >= 11 is 5.80. The van der Waals surface area contributed by atoms with Crippen LogP contribution in [0.25, 0.3) is 0 Å². The summed E-state index contributed by atoms with van der Waals surface area (Å²) in [5.74, 6) is -2.04. The van der Waals surface area contributed by atoms with E-state index in [2.05, 4.69) is 0 Å². The van der Waals surface area contributed by atoms with Gasteiger partial charge in [0.05, 0.1) is 6.10 Å². The molecule has 3 N–H and O–H groups in total. The summed E-state index contributed by atoms with van der Waals surface area (Å²) in [6.07, 6.45) is 6.98. The number of carboxylic acid groups (broad SMARTS) is 1. The molecule has 8 nitrogen and oxygen atoms in total. The molecule has 1 aromatic carbocycles. The Labute approximate surface area is 180 Å². The third-order valence-electron chi connectivity index (χ3n) is 4.83. The van der Waals surface area contributed by atoms with Crippen molar-refractivity contribution >= 4 is 29.4 Å². The van der Waals surface area contributed by atoms with Gasteiger partial charge in [-0.2, -0.15) is 0 Å². The van der Waals surface area contributed by atoms with Gasteiger partial charge in [-0.1, -0.05) is 18.0 Å². The van der Waals surface area contributed by atoms with Gasteiger partial charge < -0.3 is 25.2 Å². The highest BCUT2D eigenvalue weighted by Gasteiger charge is 2.30. The summed E-state index contributed by atoms with van der Waals surface area (Å²) in [7, 11) is 1.50. The molecular weight excluding hydrogens is 412 g/mol. The Morgan fingerprint density at radius 1 is 1.20 bits per heavy atom. The summed E-state index contributed by atoms with van der Waals surface area (Å²) < 4.78 is 5.85. The van der Waals surface area contributed by atoms with E-state index in [9.17, 15) is 19.5 Å². The van der Waals surface area contributed by atoms with E-state index in [1.54, 1.807) is 0 Å². The molecule has 0 aromatic heterocycles. The number of nitrogens with zero attached hydrogens (tertiary/aromatic N) is 1. The Bertz CT molecular complexity index is 787. The topological polar surface area (TPSA) is 116 Å². The lowest BCUT2D eigenvalue weighted by molar-refractivity contribution is -0.138. The average molecular weight is 439 g/mol. The highest BCUT2D eigenvalue weighted by molar-refractivity contribution is 6.30. The van der Waals surface area contributed by atoms with Crippen molar-refractivity contribution < 1.29 is 29.3 Å². The number of carboxylic acids is 1. The average Bonchev–Trinajstić information content (AvgIpc) is 2.72. The zero-order valence-electron chi connectivity index (χ0n) is 16.9. The first-order chi connectivity index (χ1) is 14.3. The minimum absolute atomic E-state index is 0.193. The van der Waals surface area contributed by atoms with Crippen molar-refractivity contribution in [1.29, 1.82) is 0 Å². The van der Waals surface area contributed by atoms with Crippen molar-refractivity contribution in [3.63, 3.8) is 0 Å². The van der Waals surface area contributed by atoms with E-state index in [1.807, 2.05) is 29.6 Å². The van der Waals surface area contributed by atoms with Crippen molar-refractivity contribution in [2.75, 3.05) is 20.1 Å². The third-order valence-corrected chi connectivity index (χ3v) is 5.08. The lowest BCUT2D eigenvalue weighted by atomic mass is 9.98. The highest BCUT2D eigenvalue weighted by Crippen LogP contribution is 2.24.